The molecule has 0 atom stereocenters. The van der Waals surface area contributed by atoms with Crippen LogP contribution in [0.4, 0.5) is 5.82 Å². The summed E-state index contributed by atoms with van der Waals surface area (Å²) >= 11 is 9.26. The Hall–Kier alpha value is -3.02. The first kappa shape index (κ1) is 22.7. The molecule has 7 nitrogen and oxygen atoms in total. The Morgan fingerprint density at radius 2 is 1.97 bits per heavy atom. The summed E-state index contributed by atoms with van der Waals surface area (Å²) < 4.78 is 0.568. The number of carbonyl (C=O) groups is 1. The van der Waals surface area contributed by atoms with Crippen molar-refractivity contribution in [1.29, 1.82) is 5.26 Å². The molecular weight excluding hydrogens is 480 g/mol. The number of benzene rings is 1. The van der Waals surface area contributed by atoms with Crippen LogP contribution in [0.1, 0.15) is 35.6 Å². The van der Waals surface area contributed by atoms with Crippen molar-refractivity contribution in [3.63, 3.8) is 0 Å². The van der Waals surface area contributed by atoms with Gasteiger partial charge in [0, 0.05) is 36.6 Å². The van der Waals surface area contributed by atoms with Crippen LogP contribution in [0.3, 0.4) is 0 Å². The number of carbonyl (C=O) groups excluding carboxylic acids is 1. The number of hydrazine groups is 1. The summed E-state index contributed by atoms with van der Waals surface area (Å²) in [5.41, 5.74) is 6.05. The zero-order valence-corrected chi connectivity index (χ0v) is 19.4. The highest BCUT2D eigenvalue weighted by atomic mass is 79.9. The largest absolute Gasteiger partial charge is 0.271 e. The number of nitrogens with one attached hydrogen (secondary N) is 1. The average Bonchev–Trinajstić information content (AvgIpc) is 2.79. The van der Waals surface area contributed by atoms with Crippen LogP contribution in [0.15, 0.2) is 53.4 Å². The monoisotopic (exact) mass is 498 g/mol. The van der Waals surface area contributed by atoms with E-state index in [0.29, 0.717) is 28.3 Å². The van der Waals surface area contributed by atoms with Gasteiger partial charge in [0.05, 0.1) is 10.0 Å². The van der Waals surface area contributed by atoms with Gasteiger partial charge in [-0.05, 0) is 39.0 Å². The number of hydrogen-bond donors (Lipinski definition) is 1. The topological polar surface area (TPSA) is 94.8 Å². The van der Waals surface area contributed by atoms with Crippen LogP contribution < -0.4 is 10.4 Å². The van der Waals surface area contributed by atoms with Gasteiger partial charge in [-0.15, -0.1) is 11.6 Å². The fourth-order valence-electron chi connectivity index (χ4n) is 2.85. The van der Waals surface area contributed by atoms with Gasteiger partial charge in [0.2, 0.25) is 5.82 Å². The minimum Gasteiger partial charge on any atom is -0.267 e. The number of alkyl halides is 1. The Kier molecular flexibility index (Phi) is 7.55. The standard InChI is InChI=1S/C22H20BrClN6O/c1-14(2)13-30(21-19(23)12-27-20(9-25)28-21)29-22(31)18-7-17(10-26-11-18)16-5-3-15(8-24)4-6-16/h3-7,10-12,14H,8,13H2,1-2H3,(H,29,31). The number of rotatable bonds is 7. The fraction of sp³-hybridized carbons (Fsp3) is 0.227. The molecule has 0 aliphatic rings. The maximum absolute atomic E-state index is 13.0. The minimum absolute atomic E-state index is 0.0188. The van der Waals surface area contributed by atoms with Crippen molar-refractivity contribution >= 4 is 39.3 Å². The van der Waals surface area contributed by atoms with Gasteiger partial charge in [0.15, 0.2) is 5.82 Å². The van der Waals surface area contributed by atoms with Gasteiger partial charge < -0.3 is 0 Å². The second kappa shape index (κ2) is 10.3. The summed E-state index contributed by atoms with van der Waals surface area (Å²) in [5.74, 6) is 0.757. The quantitative estimate of drug-likeness (QED) is 0.373. The van der Waals surface area contributed by atoms with E-state index in [2.05, 4.69) is 36.3 Å². The third-order valence-electron chi connectivity index (χ3n) is 4.31. The molecule has 0 saturated carbocycles. The van der Waals surface area contributed by atoms with Crippen LogP contribution in [-0.2, 0) is 5.88 Å². The molecule has 2 heterocycles. The number of pyridine rings is 1. The third-order valence-corrected chi connectivity index (χ3v) is 5.18. The molecule has 158 valence electrons. The van der Waals surface area contributed by atoms with E-state index in [9.17, 15) is 4.79 Å². The molecule has 2 aromatic heterocycles. The lowest BCUT2D eigenvalue weighted by Gasteiger charge is -2.26. The smallest absolute Gasteiger partial charge is 0.267 e. The Bertz CT molecular complexity index is 1110. The summed E-state index contributed by atoms with van der Waals surface area (Å²) in [5, 5.41) is 10.7. The lowest BCUT2D eigenvalue weighted by atomic mass is 10.0. The van der Waals surface area contributed by atoms with Crippen molar-refractivity contribution in [3.8, 4) is 17.2 Å². The second-order valence-corrected chi connectivity index (χ2v) is 8.34. The lowest BCUT2D eigenvalue weighted by molar-refractivity contribution is 0.0947. The number of nitrogens with zero attached hydrogens (tertiary/aromatic N) is 5. The molecule has 0 unspecified atom stereocenters. The molecule has 0 fully saturated rings. The van der Waals surface area contributed by atoms with Crippen LogP contribution in [0.2, 0.25) is 0 Å². The maximum atomic E-state index is 13.0. The first-order chi connectivity index (χ1) is 14.9. The van der Waals surface area contributed by atoms with Crippen LogP contribution in [0, 0.1) is 17.2 Å². The van der Waals surface area contributed by atoms with Crippen molar-refractivity contribution in [3.05, 3.63) is 70.3 Å². The van der Waals surface area contributed by atoms with Gasteiger partial charge in [-0.2, -0.15) is 10.2 Å². The van der Waals surface area contributed by atoms with Crippen molar-refractivity contribution < 1.29 is 4.79 Å². The molecule has 3 aromatic rings. The van der Waals surface area contributed by atoms with E-state index in [1.807, 2.05) is 44.2 Å². The van der Waals surface area contributed by atoms with Gasteiger partial charge in [-0.25, -0.2) is 4.98 Å². The first-order valence-electron chi connectivity index (χ1n) is 9.52. The molecule has 31 heavy (non-hydrogen) atoms. The fourth-order valence-corrected chi connectivity index (χ4v) is 3.43. The van der Waals surface area contributed by atoms with E-state index < -0.39 is 0 Å². The third kappa shape index (κ3) is 5.78. The molecule has 3 rings (SSSR count). The van der Waals surface area contributed by atoms with E-state index >= 15 is 0 Å². The highest BCUT2D eigenvalue weighted by molar-refractivity contribution is 9.10. The zero-order valence-electron chi connectivity index (χ0n) is 17.0. The summed E-state index contributed by atoms with van der Waals surface area (Å²) in [7, 11) is 0. The first-order valence-corrected chi connectivity index (χ1v) is 10.9. The molecule has 0 aliphatic heterocycles. The molecular formula is C22H20BrClN6O. The Morgan fingerprint density at radius 3 is 2.61 bits per heavy atom. The highest BCUT2D eigenvalue weighted by Gasteiger charge is 2.19. The van der Waals surface area contributed by atoms with E-state index in [4.69, 9.17) is 16.9 Å². The highest BCUT2D eigenvalue weighted by Crippen LogP contribution is 2.24. The molecule has 0 radical (unpaired) electrons. The van der Waals surface area contributed by atoms with Crippen molar-refractivity contribution in [2.24, 2.45) is 5.92 Å². The molecule has 1 N–H and O–H groups in total. The summed E-state index contributed by atoms with van der Waals surface area (Å²) in [6, 6.07) is 11.5. The number of hydrogen-bond acceptors (Lipinski definition) is 6. The summed E-state index contributed by atoms with van der Waals surface area (Å²) in [6.07, 6.45) is 4.71. The summed E-state index contributed by atoms with van der Waals surface area (Å²) in [4.78, 5) is 25.4. The van der Waals surface area contributed by atoms with Gasteiger partial charge in [0.1, 0.15) is 6.07 Å². The average molecular weight is 500 g/mol. The van der Waals surface area contributed by atoms with Gasteiger partial charge in [-0.1, -0.05) is 38.1 Å². The molecule has 9 heteroatoms. The van der Waals surface area contributed by atoms with Crippen molar-refractivity contribution in [1.82, 2.24) is 20.4 Å². The van der Waals surface area contributed by atoms with E-state index in [-0.39, 0.29) is 17.6 Å². The van der Waals surface area contributed by atoms with Crippen molar-refractivity contribution in [2.45, 2.75) is 19.7 Å². The molecule has 1 amide bonds. The number of anilines is 1. The second-order valence-electron chi connectivity index (χ2n) is 7.22. The molecule has 0 bridgehead atoms. The predicted octanol–water partition coefficient (Wildman–Crippen LogP) is 4.72. The number of aromatic nitrogens is 3. The van der Waals surface area contributed by atoms with Gasteiger partial charge in [-0.3, -0.25) is 20.2 Å². The van der Waals surface area contributed by atoms with Crippen LogP contribution in [0.25, 0.3) is 11.1 Å². The van der Waals surface area contributed by atoms with E-state index in [1.165, 1.54) is 12.4 Å². The maximum Gasteiger partial charge on any atom is 0.271 e. The van der Waals surface area contributed by atoms with Gasteiger partial charge in [0.25, 0.3) is 5.91 Å². The minimum atomic E-state index is -0.337. The van der Waals surface area contributed by atoms with Gasteiger partial charge >= 0.3 is 0 Å². The van der Waals surface area contributed by atoms with E-state index in [1.54, 1.807) is 17.3 Å². The zero-order chi connectivity index (χ0) is 22.4. The number of nitriles is 1. The predicted molar refractivity (Wildman–Crippen MR) is 123 cm³/mol. The Labute approximate surface area is 194 Å². The SMILES string of the molecule is CC(C)CN(NC(=O)c1cncc(-c2ccc(CCl)cc2)c1)c1nc(C#N)ncc1Br. The number of halogens is 2. The molecule has 0 saturated heterocycles. The van der Waals surface area contributed by atoms with Crippen LogP contribution >= 0.6 is 27.5 Å². The van der Waals surface area contributed by atoms with Crippen LogP contribution in [-0.4, -0.2) is 27.4 Å². The summed E-state index contributed by atoms with van der Waals surface area (Å²) in [6.45, 7) is 4.53. The molecule has 1 aromatic carbocycles. The molecule has 0 aliphatic carbocycles. The van der Waals surface area contributed by atoms with Crippen molar-refractivity contribution in [2.75, 3.05) is 11.6 Å². The lowest BCUT2D eigenvalue weighted by Crippen LogP contribution is -2.45. The molecule has 0 spiro atoms. The number of amides is 1. The Morgan fingerprint density at radius 1 is 1.23 bits per heavy atom. The van der Waals surface area contributed by atoms with Crippen LogP contribution in [0.5, 0.6) is 0 Å². The van der Waals surface area contributed by atoms with E-state index in [0.717, 1.165) is 16.7 Å². The normalized spacial score (nSPS) is 10.6. The Balaban J connectivity index is 1.87.